The third-order valence-corrected chi connectivity index (χ3v) is 4.24. The minimum absolute atomic E-state index is 0.0777. The van der Waals surface area contributed by atoms with Crippen molar-refractivity contribution in [1.82, 2.24) is 14.8 Å². The lowest BCUT2D eigenvalue weighted by Crippen LogP contribution is -2.13. The summed E-state index contributed by atoms with van der Waals surface area (Å²) in [5.41, 5.74) is 1.39. The topological polar surface area (TPSA) is 47.8 Å². The van der Waals surface area contributed by atoms with E-state index in [1.54, 1.807) is 17.9 Å². The molecule has 0 N–H and O–H groups in total. The highest BCUT2D eigenvalue weighted by Gasteiger charge is 2.18. The highest BCUT2D eigenvalue weighted by atomic mass is 32.2. The van der Waals surface area contributed by atoms with E-state index in [0.717, 1.165) is 5.69 Å². The Hall–Kier alpha value is -2.47. The van der Waals surface area contributed by atoms with Crippen LogP contribution in [0.4, 0.5) is 4.39 Å². The van der Waals surface area contributed by atoms with Crippen LogP contribution in [-0.4, -0.2) is 25.8 Å². The number of hydrogen-bond acceptors (Lipinski definition) is 4. The molecule has 0 fully saturated rings. The Morgan fingerprint density at radius 3 is 2.52 bits per heavy atom. The average Bonchev–Trinajstić information content (AvgIpc) is 3.04. The molecule has 0 aliphatic rings. The van der Waals surface area contributed by atoms with Gasteiger partial charge in [0, 0.05) is 5.56 Å². The first-order valence-corrected chi connectivity index (χ1v) is 7.95. The molecule has 1 atom stereocenters. The van der Waals surface area contributed by atoms with Crippen molar-refractivity contribution in [3.63, 3.8) is 0 Å². The monoisotopic (exact) mass is 327 g/mol. The van der Waals surface area contributed by atoms with Crippen molar-refractivity contribution in [1.29, 1.82) is 0 Å². The largest absolute Gasteiger partial charge is 0.293 e. The molecule has 2 aromatic carbocycles. The first-order chi connectivity index (χ1) is 11.1. The Morgan fingerprint density at radius 2 is 1.83 bits per heavy atom. The number of carbonyl (C=O) groups excluding carboxylic acids is 1. The summed E-state index contributed by atoms with van der Waals surface area (Å²) in [7, 11) is 0. The zero-order valence-electron chi connectivity index (χ0n) is 12.4. The van der Waals surface area contributed by atoms with Gasteiger partial charge in [0.05, 0.1) is 10.9 Å². The number of halogens is 1. The molecule has 0 saturated carbocycles. The number of rotatable bonds is 5. The SMILES string of the molecule is CC(Sc1ncn(-c2ccccc2)n1)C(=O)c1ccc(F)cc1. The highest BCUT2D eigenvalue weighted by Crippen LogP contribution is 2.23. The van der Waals surface area contributed by atoms with Gasteiger partial charge in [-0.05, 0) is 43.3 Å². The number of ketones is 1. The molecule has 23 heavy (non-hydrogen) atoms. The summed E-state index contributed by atoms with van der Waals surface area (Å²) in [6.07, 6.45) is 1.62. The molecular weight excluding hydrogens is 313 g/mol. The molecule has 0 saturated heterocycles. The standard InChI is InChI=1S/C17H14FN3OS/c1-12(16(22)13-7-9-14(18)10-8-13)23-17-19-11-21(20-17)15-5-3-2-4-6-15/h2-12H,1H3. The van der Waals surface area contributed by atoms with Crippen LogP contribution >= 0.6 is 11.8 Å². The first-order valence-electron chi connectivity index (χ1n) is 7.07. The van der Waals surface area contributed by atoms with E-state index in [1.165, 1.54) is 36.0 Å². The summed E-state index contributed by atoms with van der Waals surface area (Å²) < 4.78 is 14.6. The van der Waals surface area contributed by atoms with Crippen LogP contribution in [0.1, 0.15) is 17.3 Å². The van der Waals surface area contributed by atoms with Gasteiger partial charge in [-0.15, -0.1) is 5.10 Å². The summed E-state index contributed by atoms with van der Waals surface area (Å²) in [6.45, 7) is 1.79. The van der Waals surface area contributed by atoms with Crippen molar-refractivity contribution < 1.29 is 9.18 Å². The molecular formula is C17H14FN3OS. The van der Waals surface area contributed by atoms with E-state index in [1.807, 2.05) is 30.3 Å². The van der Waals surface area contributed by atoms with Gasteiger partial charge in [-0.2, -0.15) is 0 Å². The van der Waals surface area contributed by atoms with Crippen molar-refractivity contribution >= 4 is 17.5 Å². The van der Waals surface area contributed by atoms with Crippen molar-refractivity contribution in [3.05, 3.63) is 72.3 Å². The number of para-hydroxylation sites is 1. The molecule has 6 heteroatoms. The van der Waals surface area contributed by atoms with Gasteiger partial charge < -0.3 is 0 Å². The van der Waals surface area contributed by atoms with Crippen molar-refractivity contribution in [3.8, 4) is 5.69 Å². The number of Topliss-reactive ketones (excluding diaryl/α,β-unsaturated/α-hetero) is 1. The van der Waals surface area contributed by atoms with Crippen molar-refractivity contribution in [2.24, 2.45) is 0 Å². The molecule has 1 aromatic heterocycles. The number of nitrogens with zero attached hydrogens (tertiary/aromatic N) is 3. The molecule has 0 radical (unpaired) electrons. The fourth-order valence-electron chi connectivity index (χ4n) is 2.07. The van der Waals surface area contributed by atoms with Crippen LogP contribution < -0.4 is 0 Å². The fourth-order valence-corrected chi connectivity index (χ4v) is 2.87. The van der Waals surface area contributed by atoms with E-state index in [-0.39, 0.29) is 16.9 Å². The molecule has 3 rings (SSSR count). The van der Waals surface area contributed by atoms with E-state index in [2.05, 4.69) is 10.1 Å². The fraction of sp³-hybridized carbons (Fsp3) is 0.118. The summed E-state index contributed by atoms with van der Waals surface area (Å²) in [5.74, 6) is -0.434. The van der Waals surface area contributed by atoms with Crippen LogP contribution in [0.2, 0.25) is 0 Å². The Balaban J connectivity index is 1.71. The molecule has 1 heterocycles. The van der Waals surface area contributed by atoms with Gasteiger partial charge in [0.1, 0.15) is 12.1 Å². The zero-order chi connectivity index (χ0) is 16.2. The Morgan fingerprint density at radius 1 is 1.13 bits per heavy atom. The second-order valence-corrected chi connectivity index (χ2v) is 6.25. The Labute approximate surface area is 137 Å². The van der Waals surface area contributed by atoms with Crippen LogP contribution in [0.3, 0.4) is 0 Å². The summed E-state index contributed by atoms with van der Waals surface area (Å²) >= 11 is 1.28. The van der Waals surface area contributed by atoms with Crippen LogP contribution in [0.15, 0.2) is 66.1 Å². The third-order valence-electron chi connectivity index (χ3n) is 3.27. The quantitative estimate of drug-likeness (QED) is 0.529. The predicted octanol–water partition coefficient (Wildman–Crippen LogP) is 3.77. The number of aromatic nitrogens is 3. The van der Waals surface area contributed by atoms with Crippen LogP contribution in [0.25, 0.3) is 5.69 Å². The summed E-state index contributed by atoms with van der Waals surface area (Å²) in [5, 5.41) is 4.54. The van der Waals surface area contributed by atoms with Crippen molar-refractivity contribution in [2.75, 3.05) is 0 Å². The van der Waals surface area contributed by atoms with Gasteiger partial charge in [0.2, 0.25) is 5.16 Å². The molecule has 0 aliphatic heterocycles. The van der Waals surface area contributed by atoms with Crippen LogP contribution in [-0.2, 0) is 0 Å². The van der Waals surface area contributed by atoms with Gasteiger partial charge in [0.15, 0.2) is 5.78 Å². The van der Waals surface area contributed by atoms with Gasteiger partial charge in [-0.1, -0.05) is 30.0 Å². The lowest BCUT2D eigenvalue weighted by molar-refractivity contribution is 0.0994. The minimum Gasteiger partial charge on any atom is -0.293 e. The van der Waals surface area contributed by atoms with Gasteiger partial charge in [0.25, 0.3) is 0 Å². The molecule has 116 valence electrons. The lowest BCUT2D eigenvalue weighted by Gasteiger charge is -2.07. The van der Waals surface area contributed by atoms with Gasteiger partial charge in [-0.3, -0.25) is 4.79 Å². The maximum Gasteiger partial charge on any atom is 0.209 e. The third kappa shape index (κ3) is 3.65. The van der Waals surface area contributed by atoms with E-state index < -0.39 is 0 Å². The Bertz CT molecular complexity index is 802. The number of thioether (sulfide) groups is 1. The molecule has 0 amide bonds. The molecule has 0 bridgehead atoms. The van der Waals surface area contributed by atoms with E-state index in [0.29, 0.717) is 10.7 Å². The number of hydrogen-bond donors (Lipinski definition) is 0. The maximum atomic E-state index is 12.9. The normalized spacial score (nSPS) is 12.1. The van der Waals surface area contributed by atoms with E-state index in [4.69, 9.17) is 0 Å². The molecule has 0 spiro atoms. The second kappa shape index (κ2) is 6.75. The van der Waals surface area contributed by atoms with Gasteiger partial charge >= 0.3 is 0 Å². The molecule has 3 aromatic rings. The molecule has 1 unspecified atom stereocenters. The van der Waals surface area contributed by atoms with E-state index in [9.17, 15) is 9.18 Å². The number of carbonyl (C=O) groups is 1. The first kappa shape index (κ1) is 15.4. The number of benzene rings is 2. The smallest absolute Gasteiger partial charge is 0.209 e. The minimum atomic E-state index is -0.356. The Kier molecular flexibility index (Phi) is 4.52. The maximum absolute atomic E-state index is 12.9. The summed E-state index contributed by atoms with van der Waals surface area (Å²) in [6, 6.07) is 15.2. The van der Waals surface area contributed by atoms with Gasteiger partial charge in [-0.25, -0.2) is 14.1 Å². The van der Waals surface area contributed by atoms with E-state index >= 15 is 0 Å². The summed E-state index contributed by atoms with van der Waals surface area (Å²) in [4.78, 5) is 16.6. The lowest BCUT2D eigenvalue weighted by atomic mass is 10.1. The zero-order valence-corrected chi connectivity index (χ0v) is 13.2. The molecule has 4 nitrogen and oxygen atoms in total. The van der Waals surface area contributed by atoms with Crippen LogP contribution in [0.5, 0.6) is 0 Å². The average molecular weight is 327 g/mol. The predicted molar refractivity (Wildman–Crippen MR) is 87.4 cm³/mol. The second-order valence-electron chi connectivity index (χ2n) is 4.94. The van der Waals surface area contributed by atoms with Crippen LogP contribution in [0, 0.1) is 5.82 Å². The molecule has 0 aliphatic carbocycles. The highest BCUT2D eigenvalue weighted by molar-refractivity contribution is 8.00. The van der Waals surface area contributed by atoms with Crippen molar-refractivity contribution in [2.45, 2.75) is 17.3 Å².